The zero-order valence-electron chi connectivity index (χ0n) is 11.2. The normalized spacial score (nSPS) is 12.4. The van der Waals surface area contributed by atoms with Crippen molar-refractivity contribution in [3.05, 3.63) is 47.1 Å². The number of benzene rings is 1. The fourth-order valence-corrected chi connectivity index (χ4v) is 1.95. The van der Waals surface area contributed by atoms with Crippen molar-refractivity contribution in [1.29, 1.82) is 0 Å². The average molecular weight is 280 g/mol. The zero-order valence-corrected chi connectivity index (χ0v) is 11.2. The van der Waals surface area contributed by atoms with E-state index < -0.39 is 17.6 Å². The van der Waals surface area contributed by atoms with E-state index in [2.05, 4.69) is 10.1 Å². The van der Waals surface area contributed by atoms with Crippen LogP contribution in [-0.2, 0) is 11.2 Å². The van der Waals surface area contributed by atoms with Gasteiger partial charge in [-0.25, -0.2) is 8.78 Å². The van der Waals surface area contributed by atoms with E-state index in [9.17, 15) is 13.6 Å². The molecule has 0 aliphatic carbocycles. The molecule has 1 aromatic heterocycles. The quantitative estimate of drug-likeness (QED) is 0.844. The number of rotatable bonds is 5. The first-order valence-corrected chi connectivity index (χ1v) is 6.28. The molecule has 0 fully saturated rings. The van der Waals surface area contributed by atoms with Crippen molar-refractivity contribution in [2.75, 3.05) is 0 Å². The van der Waals surface area contributed by atoms with Gasteiger partial charge in [0.1, 0.15) is 17.4 Å². The highest BCUT2D eigenvalue weighted by Crippen LogP contribution is 2.20. The van der Waals surface area contributed by atoms with Crippen LogP contribution in [-0.4, -0.2) is 15.9 Å². The maximum absolute atomic E-state index is 13.5. The predicted molar refractivity (Wildman–Crippen MR) is 67.2 cm³/mol. The van der Waals surface area contributed by atoms with Gasteiger partial charge in [-0.15, -0.1) is 0 Å². The van der Waals surface area contributed by atoms with Crippen molar-refractivity contribution in [3.8, 4) is 0 Å². The molecule has 0 saturated carbocycles. The van der Waals surface area contributed by atoms with Crippen molar-refractivity contribution >= 4 is 5.78 Å². The molecule has 2 aromatic rings. The smallest absolute Gasteiger partial charge is 0.237 e. The summed E-state index contributed by atoms with van der Waals surface area (Å²) in [6, 6.07) is 3.31. The zero-order chi connectivity index (χ0) is 14.7. The molecule has 0 N–H and O–H groups in total. The van der Waals surface area contributed by atoms with Gasteiger partial charge in [0.05, 0.1) is 5.92 Å². The van der Waals surface area contributed by atoms with E-state index in [1.807, 2.05) is 6.92 Å². The van der Waals surface area contributed by atoms with Crippen LogP contribution in [0.15, 0.2) is 22.7 Å². The van der Waals surface area contributed by atoms with Crippen LogP contribution in [0.25, 0.3) is 0 Å². The molecule has 0 spiro atoms. The van der Waals surface area contributed by atoms with Crippen LogP contribution in [0.1, 0.15) is 43.5 Å². The molecule has 106 valence electrons. The summed E-state index contributed by atoms with van der Waals surface area (Å²) in [4.78, 5) is 15.5. The molecule has 1 heterocycles. The Kier molecular flexibility index (Phi) is 4.22. The first-order chi connectivity index (χ1) is 9.51. The Morgan fingerprint density at radius 1 is 1.40 bits per heavy atom. The molecule has 0 aliphatic heterocycles. The summed E-state index contributed by atoms with van der Waals surface area (Å²) < 4.78 is 31.4. The van der Waals surface area contributed by atoms with Crippen LogP contribution >= 0.6 is 0 Å². The molecule has 1 atom stereocenters. The van der Waals surface area contributed by atoms with Crippen LogP contribution in [0.4, 0.5) is 8.78 Å². The number of carbonyl (C=O) groups is 1. The lowest BCUT2D eigenvalue weighted by Gasteiger charge is -2.03. The van der Waals surface area contributed by atoms with Gasteiger partial charge in [-0.1, -0.05) is 18.1 Å². The SMILES string of the molecule is CCC(C(C)=O)c1nc(Cc2ccc(F)cc2F)no1. The fraction of sp³-hybridized carbons (Fsp3) is 0.357. The van der Waals surface area contributed by atoms with Gasteiger partial charge in [0, 0.05) is 12.5 Å². The number of hydrogen-bond acceptors (Lipinski definition) is 4. The van der Waals surface area contributed by atoms with Crippen LogP contribution in [0, 0.1) is 11.6 Å². The Morgan fingerprint density at radius 2 is 2.15 bits per heavy atom. The summed E-state index contributed by atoms with van der Waals surface area (Å²) in [6.45, 7) is 3.30. The molecular formula is C14H14F2N2O2. The minimum absolute atomic E-state index is 0.0596. The molecule has 20 heavy (non-hydrogen) atoms. The molecule has 0 bridgehead atoms. The molecule has 2 rings (SSSR count). The summed E-state index contributed by atoms with van der Waals surface area (Å²) in [5, 5.41) is 3.73. The Bertz CT molecular complexity index is 625. The Labute approximate surface area is 114 Å². The summed E-state index contributed by atoms with van der Waals surface area (Å²) >= 11 is 0. The van der Waals surface area contributed by atoms with Gasteiger partial charge in [-0.2, -0.15) is 4.98 Å². The third-order valence-electron chi connectivity index (χ3n) is 3.04. The Morgan fingerprint density at radius 3 is 2.75 bits per heavy atom. The summed E-state index contributed by atoms with van der Waals surface area (Å²) in [5.74, 6) is -1.29. The van der Waals surface area contributed by atoms with E-state index in [1.165, 1.54) is 19.1 Å². The second-order valence-electron chi connectivity index (χ2n) is 4.53. The van der Waals surface area contributed by atoms with E-state index in [0.29, 0.717) is 6.42 Å². The van der Waals surface area contributed by atoms with Gasteiger partial charge in [0.25, 0.3) is 0 Å². The number of hydrogen-bond donors (Lipinski definition) is 0. The lowest BCUT2D eigenvalue weighted by molar-refractivity contribution is -0.119. The highest BCUT2D eigenvalue weighted by Gasteiger charge is 2.21. The molecule has 6 heteroatoms. The van der Waals surface area contributed by atoms with Crippen LogP contribution < -0.4 is 0 Å². The topological polar surface area (TPSA) is 56.0 Å². The maximum atomic E-state index is 13.5. The van der Waals surface area contributed by atoms with Crippen molar-refractivity contribution in [1.82, 2.24) is 10.1 Å². The van der Waals surface area contributed by atoms with Gasteiger partial charge in [0.2, 0.25) is 5.89 Å². The molecule has 0 saturated heterocycles. The standard InChI is InChI=1S/C14H14F2N2O2/c1-3-11(8(2)19)14-17-13(18-20-14)6-9-4-5-10(15)7-12(9)16/h4-5,7,11H,3,6H2,1-2H3. The van der Waals surface area contributed by atoms with E-state index in [0.717, 1.165) is 6.07 Å². The highest BCUT2D eigenvalue weighted by molar-refractivity contribution is 5.82. The summed E-state index contributed by atoms with van der Waals surface area (Å²) in [6.07, 6.45) is 0.645. The second-order valence-corrected chi connectivity index (χ2v) is 4.53. The third kappa shape index (κ3) is 3.07. The first kappa shape index (κ1) is 14.3. The minimum Gasteiger partial charge on any atom is -0.339 e. The van der Waals surface area contributed by atoms with Crippen molar-refractivity contribution in [2.24, 2.45) is 0 Å². The van der Waals surface area contributed by atoms with Crippen LogP contribution in [0.5, 0.6) is 0 Å². The number of Topliss-reactive ketones (excluding diaryl/α,β-unsaturated/α-hetero) is 1. The molecular weight excluding hydrogens is 266 g/mol. The Hall–Kier alpha value is -2.11. The van der Waals surface area contributed by atoms with E-state index in [1.54, 1.807) is 0 Å². The number of nitrogens with zero attached hydrogens (tertiary/aromatic N) is 2. The molecule has 0 amide bonds. The summed E-state index contributed by atoms with van der Waals surface area (Å²) in [7, 11) is 0. The fourth-order valence-electron chi connectivity index (χ4n) is 1.95. The van der Waals surface area contributed by atoms with Gasteiger partial charge in [-0.05, 0) is 25.0 Å². The lowest BCUT2D eigenvalue weighted by Crippen LogP contribution is -2.08. The van der Waals surface area contributed by atoms with E-state index in [-0.39, 0.29) is 29.5 Å². The largest absolute Gasteiger partial charge is 0.339 e. The molecule has 1 unspecified atom stereocenters. The van der Waals surface area contributed by atoms with Gasteiger partial charge in [-0.3, -0.25) is 4.79 Å². The second kappa shape index (κ2) is 5.90. The van der Waals surface area contributed by atoms with E-state index in [4.69, 9.17) is 4.52 Å². The predicted octanol–water partition coefficient (Wildman–Crippen LogP) is 3.02. The number of ketones is 1. The highest BCUT2D eigenvalue weighted by atomic mass is 19.1. The van der Waals surface area contributed by atoms with Crippen molar-refractivity contribution < 1.29 is 18.1 Å². The Balaban J connectivity index is 2.19. The average Bonchev–Trinajstić information content (AvgIpc) is 2.81. The minimum atomic E-state index is -0.657. The first-order valence-electron chi connectivity index (χ1n) is 6.28. The maximum Gasteiger partial charge on any atom is 0.237 e. The van der Waals surface area contributed by atoms with Crippen molar-refractivity contribution in [3.63, 3.8) is 0 Å². The third-order valence-corrected chi connectivity index (χ3v) is 3.04. The monoisotopic (exact) mass is 280 g/mol. The van der Waals surface area contributed by atoms with Gasteiger partial charge < -0.3 is 4.52 Å². The number of aromatic nitrogens is 2. The summed E-state index contributed by atoms with van der Waals surface area (Å²) in [5.41, 5.74) is 0.273. The van der Waals surface area contributed by atoms with Crippen LogP contribution in [0.2, 0.25) is 0 Å². The molecule has 4 nitrogen and oxygen atoms in total. The van der Waals surface area contributed by atoms with Gasteiger partial charge >= 0.3 is 0 Å². The van der Waals surface area contributed by atoms with E-state index >= 15 is 0 Å². The molecule has 1 aromatic carbocycles. The van der Waals surface area contributed by atoms with Gasteiger partial charge in [0.15, 0.2) is 5.82 Å². The lowest BCUT2D eigenvalue weighted by atomic mass is 10.0. The van der Waals surface area contributed by atoms with Crippen LogP contribution in [0.3, 0.4) is 0 Å². The number of carbonyl (C=O) groups excluding carboxylic acids is 1. The number of halogens is 2. The molecule has 0 aliphatic rings. The molecule has 0 radical (unpaired) electrons. The van der Waals surface area contributed by atoms with Crippen molar-refractivity contribution in [2.45, 2.75) is 32.6 Å².